The van der Waals surface area contributed by atoms with Gasteiger partial charge in [-0.1, -0.05) is 36.4 Å². The molecule has 0 amide bonds. The summed E-state index contributed by atoms with van der Waals surface area (Å²) < 4.78 is 10.6. The van der Waals surface area contributed by atoms with Crippen molar-refractivity contribution in [3.63, 3.8) is 0 Å². The predicted octanol–water partition coefficient (Wildman–Crippen LogP) is 2.80. The molecule has 2 N–H and O–H groups in total. The normalized spacial score (nSPS) is 15.7. The molecule has 0 spiro atoms. The lowest BCUT2D eigenvalue weighted by molar-refractivity contribution is 0.168. The smallest absolute Gasteiger partial charge is 0.231 e. The topological polar surface area (TPSA) is 50.7 Å². The molecule has 0 bridgehead atoms. The molecule has 2 atom stereocenters. The van der Waals surface area contributed by atoms with Crippen molar-refractivity contribution in [3.8, 4) is 11.5 Å². The van der Waals surface area contributed by atoms with Crippen LogP contribution in [0.25, 0.3) is 0 Å². The van der Waals surface area contributed by atoms with Crippen LogP contribution in [0.5, 0.6) is 11.5 Å². The average Bonchev–Trinajstić information content (AvgIpc) is 3.00. The van der Waals surface area contributed by atoms with E-state index in [0.29, 0.717) is 12.3 Å². The van der Waals surface area contributed by atoms with Crippen molar-refractivity contribution in [2.75, 3.05) is 13.3 Å². The van der Waals surface area contributed by atoms with Gasteiger partial charge in [0.25, 0.3) is 0 Å². The number of hydrogen-bond donors (Lipinski definition) is 2. The van der Waals surface area contributed by atoms with Crippen LogP contribution in [0.15, 0.2) is 48.5 Å². The van der Waals surface area contributed by atoms with Crippen LogP contribution in [-0.4, -0.2) is 18.4 Å². The van der Waals surface area contributed by atoms with Crippen LogP contribution in [0.3, 0.4) is 0 Å². The second kappa shape index (κ2) is 6.16. The maximum atomic E-state index is 10.3. The number of nitrogens with one attached hydrogen (secondary N) is 1. The Morgan fingerprint density at radius 3 is 2.62 bits per heavy atom. The minimum Gasteiger partial charge on any atom is -0.454 e. The zero-order valence-corrected chi connectivity index (χ0v) is 12.0. The van der Waals surface area contributed by atoms with E-state index in [1.165, 1.54) is 5.56 Å². The summed E-state index contributed by atoms with van der Waals surface area (Å²) in [5.41, 5.74) is 2.03. The standard InChI is InChI=1S/C17H19NO3/c1-12(13-5-3-2-4-6-13)18-10-15(19)14-7-8-16-17(9-14)21-11-20-16/h2-9,12,15,18-19H,10-11H2,1H3/t12-,15?/m1/s1. The molecule has 4 nitrogen and oxygen atoms in total. The van der Waals surface area contributed by atoms with Crippen molar-refractivity contribution < 1.29 is 14.6 Å². The monoisotopic (exact) mass is 285 g/mol. The van der Waals surface area contributed by atoms with Crippen molar-refractivity contribution in [1.29, 1.82) is 0 Å². The summed E-state index contributed by atoms with van der Waals surface area (Å²) in [4.78, 5) is 0. The summed E-state index contributed by atoms with van der Waals surface area (Å²) in [5.74, 6) is 1.43. The quantitative estimate of drug-likeness (QED) is 0.887. The van der Waals surface area contributed by atoms with E-state index in [0.717, 1.165) is 11.3 Å². The van der Waals surface area contributed by atoms with Gasteiger partial charge in [0, 0.05) is 12.6 Å². The molecular weight excluding hydrogens is 266 g/mol. The van der Waals surface area contributed by atoms with Gasteiger partial charge in [0.15, 0.2) is 11.5 Å². The molecule has 0 aromatic heterocycles. The first-order valence-corrected chi connectivity index (χ1v) is 7.10. The first-order chi connectivity index (χ1) is 10.2. The summed E-state index contributed by atoms with van der Waals surface area (Å²) >= 11 is 0. The van der Waals surface area contributed by atoms with Gasteiger partial charge in [0.1, 0.15) is 0 Å². The highest BCUT2D eigenvalue weighted by molar-refractivity contribution is 5.45. The highest BCUT2D eigenvalue weighted by Gasteiger charge is 2.17. The summed E-state index contributed by atoms with van der Waals surface area (Å²) in [6, 6.07) is 15.9. The Morgan fingerprint density at radius 2 is 1.81 bits per heavy atom. The van der Waals surface area contributed by atoms with Gasteiger partial charge in [0.2, 0.25) is 6.79 Å². The van der Waals surface area contributed by atoms with Crippen LogP contribution < -0.4 is 14.8 Å². The van der Waals surface area contributed by atoms with E-state index in [2.05, 4.69) is 24.4 Å². The van der Waals surface area contributed by atoms with Crippen molar-refractivity contribution in [2.45, 2.75) is 19.1 Å². The summed E-state index contributed by atoms with van der Waals surface area (Å²) in [7, 11) is 0. The highest BCUT2D eigenvalue weighted by Crippen LogP contribution is 2.34. The van der Waals surface area contributed by atoms with Gasteiger partial charge in [-0.15, -0.1) is 0 Å². The van der Waals surface area contributed by atoms with Gasteiger partial charge < -0.3 is 19.9 Å². The predicted molar refractivity (Wildman–Crippen MR) is 80.4 cm³/mol. The maximum Gasteiger partial charge on any atom is 0.231 e. The molecule has 2 aromatic rings. The molecule has 0 fully saturated rings. The molecule has 0 saturated carbocycles. The van der Waals surface area contributed by atoms with Crippen molar-refractivity contribution >= 4 is 0 Å². The Balaban J connectivity index is 1.60. The van der Waals surface area contributed by atoms with E-state index in [4.69, 9.17) is 9.47 Å². The molecule has 1 unspecified atom stereocenters. The molecule has 0 radical (unpaired) electrons. The molecule has 1 aliphatic rings. The Kier molecular flexibility index (Phi) is 4.08. The van der Waals surface area contributed by atoms with Gasteiger partial charge in [-0.05, 0) is 30.2 Å². The van der Waals surface area contributed by atoms with E-state index in [-0.39, 0.29) is 12.8 Å². The van der Waals surface area contributed by atoms with Gasteiger partial charge in [0.05, 0.1) is 6.10 Å². The number of aliphatic hydroxyl groups excluding tert-OH is 1. The number of ether oxygens (including phenoxy) is 2. The van der Waals surface area contributed by atoms with Crippen LogP contribution in [0, 0.1) is 0 Å². The third-order valence-corrected chi connectivity index (χ3v) is 3.70. The lowest BCUT2D eigenvalue weighted by Gasteiger charge is -2.18. The number of rotatable bonds is 5. The lowest BCUT2D eigenvalue weighted by Crippen LogP contribution is -2.24. The number of fused-ring (bicyclic) bond motifs is 1. The minimum absolute atomic E-state index is 0.190. The second-order valence-electron chi connectivity index (χ2n) is 5.17. The van der Waals surface area contributed by atoms with Crippen LogP contribution >= 0.6 is 0 Å². The molecule has 21 heavy (non-hydrogen) atoms. The number of hydrogen-bond acceptors (Lipinski definition) is 4. The van der Waals surface area contributed by atoms with Crippen molar-refractivity contribution in [2.24, 2.45) is 0 Å². The largest absolute Gasteiger partial charge is 0.454 e. The van der Waals surface area contributed by atoms with E-state index < -0.39 is 6.10 Å². The lowest BCUT2D eigenvalue weighted by atomic mass is 10.1. The molecule has 0 aliphatic carbocycles. The fourth-order valence-electron chi connectivity index (χ4n) is 2.39. The average molecular weight is 285 g/mol. The summed E-state index contributed by atoms with van der Waals surface area (Å²) in [6.45, 7) is 2.82. The van der Waals surface area contributed by atoms with E-state index >= 15 is 0 Å². The zero-order valence-electron chi connectivity index (χ0n) is 12.0. The highest BCUT2D eigenvalue weighted by atomic mass is 16.7. The fourth-order valence-corrected chi connectivity index (χ4v) is 2.39. The molecule has 3 rings (SSSR count). The van der Waals surface area contributed by atoms with Gasteiger partial charge in [-0.3, -0.25) is 0 Å². The van der Waals surface area contributed by atoms with Gasteiger partial charge >= 0.3 is 0 Å². The summed E-state index contributed by atoms with van der Waals surface area (Å²) in [5, 5.41) is 13.6. The SMILES string of the molecule is C[C@@H](NCC(O)c1ccc2c(c1)OCO2)c1ccccc1. The molecule has 0 saturated heterocycles. The first-order valence-electron chi connectivity index (χ1n) is 7.10. The van der Waals surface area contributed by atoms with Crippen molar-refractivity contribution in [3.05, 3.63) is 59.7 Å². The van der Waals surface area contributed by atoms with Crippen LogP contribution in [0.1, 0.15) is 30.2 Å². The first kappa shape index (κ1) is 13.9. The van der Waals surface area contributed by atoms with Crippen LogP contribution in [0.4, 0.5) is 0 Å². The minimum atomic E-state index is -0.578. The van der Waals surface area contributed by atoms with Crippen LogP contribution in [-0.2, 0) is 0 Å². The molecule has 1 aliphatic heterocycles. The molecular formula is C17H19NO3. The Bertz CT molecular complexity index is 600. The van der Waals surface area contributed by atoms with E-state index in [9.17, 15) is 5.11 Å². The maximum absolute atomic E-state index is 10.3. The molecule has 4 heteroatoms. The van der Waals surface area contributed by atoms with E-state index in [1.807, 2.05) is 36.4 Å². The van der Waals surface area contributed by atoms with Gasteiger partial charge in [-0.2, -0.15) is 0 Å². The molecule has 2 aromatic carbocycles. The van der Waals surface area contributed by atoms with Crippen LogP contribution in [0.2, 0.25) is 0 Å². The molecule has 110 valence electrons. The van der Waals surface area contributed by atoms with E-state index in [1.54, 1.807) is 0 Å². The Hall–Kier alpha value is -2.04. The Labute approximate surface area is 124 Å². The second-order valence-corrected chi connectivity index (χ2v) is 5.17. The third kappa shape index (κ3) is 3.17. The fraction of sp³-hybridized carbons (Fsp3) is 0.294. The number of benzene rings is 2. The van der Waals surface area contributed by atoms with Gasteiger partial charge in [-0.25, -0.2) is 0 Å². The molecule has 1 heterocycles. The third-order valence-electron chi connectivity index (χ3n) is 3.70. The van der Waals surface area contributed by atoms with Crippen molar-refractivity contribution in [1.82, 2.24) is 5.32 Å². The summed E-state index contributed by atoms with van der Waals surface area (Å²) in [6.07, 6.45) is -0.578. The zero-order chi connectivity index (χ0) is 14.7. The Morgan fingerprint density at radius 1 is 1.05 bits per heavy atom. The number of aliphatic hydroxyl groups is 1.